The van der Waals surface area contributed by atoms with Crippen LogP contribution in [-0.4, -0.2) is 32.4 Å². The standard InChI is InChI=1S/C18H20F3N5O2/c19-18(20,21)15-8-16(23-10-22-15)24-12-1-3-13(4-2-12)26-17(27)7-11-9-28-6-5-14(11)25-26/h7-8,10,12-13H,1-6,9H2,(H,22,23,24). The Kier molecular flexibility index (Phi) is 5.05. The molecular weight excluding hydrogens is 375 g/mol. The molecule has 2 aromatic rings. The number of nitrogens with zero attached hydrogens (tertiary/aromatic N) is 4. The third-order valence-electron chi connectivity index (χ3n) is 5.22. The average Bonchev–Trinajstić information content (AvgIpc) is 2.68. The quantitative estimate of drug-likeness (QED) is 0.861. The summed E-state index contributed by atoms with van der Waals surface area (Å²) in [6.45, 7) is 1.03. The number of anilines is 1. The molecule has 4 rings (SSSR count). The second kappa shape index (κ2) is 7.50. The Morgan fingerprint density at radius 1 is 1.14 bits per heavy atom. The van der Waals surface area contributed by atoms with Crippen LogP contribution in [0.15, 0.2) is 23.3 Å². The molecule has 1 saturated carbocycles. The van der Waals surface area contributed by atoms with Crippen molar-refractivity contribution < 1.29 is 17.9 Å². The predicted octanol–water partition coefficient (Wildman–Crippen LogP) is 2.72. The van der Waals surface area contributed by atoms with E-state index in [2.05, 4.69) is 20.4 Å². The van der Waals surface area contributed by atoms with Crippen LogP contribution < -0.4 is 10.9 Å². The molecule has 2 aromatic heterocycles. The maximum absolute atomic E-state index is 12.8. The number of hydrogen-bond acceptors (Lipinski definition) is 6. The molecule has 1 aliphatic carbocycles. The summed E-state index contributed by atoms with van der Waals surface area (Å²) in [5, 5.41) is 7.60. The summed E-state index contributed by atoms with van der Waals surface area (Å²) in [7, 11) is 0. The van der Waals surface area contributed by atoms with E-state index in [0.717, 1.165) is 36.5 Å². The molecule has 1 fully saturated rings. The van der Waals surface area contributed by atoms with Crippen molar-refractivity contribution in [2.75, 3.05) is 11.9 Å². The van der Waals surface area contributed by atoms with Crippen molar-refractivity contribution in [2.45, 2.75) is 57.0 Å². The van der Waals surface area contributed by atoms with Gasteiger partial charge in [0.2, 0.25) is 0 Å². The number of nitrogens with one attached hydrogen (secondary N) is 1. The molecule has 150 valence electrons. The molecule has 0 atom stereocenters. The molecule has 0 unspecified atom stereocenters. The van der Waals surface area contributed by atoms with Gasteiger partial charge in [0.25, 0.3) is 5.56 Å². The van der Waals surface area contributed by atoms with E-state index >= 15 is 0 Å². The first-order chi connectivity index (χ1) is 13.4. The van der Waals surface area contributed by atoms with Gasteiger partial charge in [0, 0.05) is 30.2 Å². The van der Waals surface area contributed by atoms with Crippen LogP contribution in [0.3, 0.4) is 0 Å². The third-order valence-corrected chi connectivity index (χ3v) is 5.22. The van der Waals surface area contributed by atoms with Crippen LogP contribution >= 0.6 is 0 Å². The maximum atomic E-state index is 12.8. The normalized spacial score (nSPS) is 22.5. The Hall–Kier alpha value is -2.49. The fraction of sp³-hybridized carbons (Fsp3) is 0.556. The van der Waals surface area contributed by atoms with Crippen molar-refractivity contribution in [1.82, 2.24) is 19.7 Å². The predicted molar refractivity (Wildman–Crippen MR) is 93.8 cm³/mol. The van der Waals surface area contributed by atoms with Gasteiger partial charge in [-0.1, -0.05) is 0 Å². The lowest BCUT2D eigenvalue weighted by atomic mass is 9.91. The fourth-order valence-corrected chi connectivity index (χ4v) is 3.76. The first-order valence-electron chi connectivity index (χ1n) is 9.25. The number of alkyl halides is 3. The number of aromatic nitrogens is 4. The lowest BCUT2D eigenvalue weighted by Gasteiger charge is -2.30. The van der Waals surface area contributed by atoms with E-state index < -0.39 is 11.9 Å². The minimum atomic E-state index is -4.50. The Morgan fingerprint density at radius 3 is 2.68 bits per heavy atom. The molecular formula is C18H20F3N5O2. The molecule has 10 heteroatoms. The average molecular weight is 395 g/mol. The van der Waals surface area contributed by atoms with Gasteiger partial charge in [-0.3, -0.25) is 4.79 Å². The van der Waals surface area contributed by atoms with Crippen LogP contribution in [0.5, 0.6) is 0 Å². The van der Waals surface area contributed by atoms with Crippen LogP contribution in [0.4, 0.5) is 19.0 Å². The van der Waals surface area contributed by atoms with Crippen molar-refractivity contribution in [3.05, 3.63) is 45.8 Å². The van der Waals surface area contributed by atoms with Gasteiger partial charge in [-0.25, -0.2) is 14.6 Å². The van der Waals surface area contributed by atoms with Crippen molar-refractivity contribution in [2.24, 2.45) is 0 Å². The van der Waals surface area contributed by atoms with E-state index in [4.69, 9.17) is 4.74 Å². The van der Waals surface area contributed by atoms with Gasteiger partial charge in [-0.2, -0.15) is 18.3 Å². The zero-order valence-electron chi connectivity index (χ0n) is 15.1. The second-order valence-corrected chi connectivity index (χ2v) is 7.14. The Balaban J connectivity index is 1.41. The largest absolute Gasteiger partial charge is 0.433 e. The number of halogens is 3. The molecule has 1 N–H and O–H groups in total. The summed E-state index contributed by atoms with van der Waals surface area (Å²) in [5.74, 6) is 0.162. The number of rotatable bonds is 3. The molecule has 0 amide bonds. The highest BCUT2D eigenvalue weighted by Gasteiger charge is 2.33. The molecule has 28 heavy (non-hydrogen) atoms. The molecule has 0 bridgehead atoms. The van der Waals surface area contributed by atoms with Crippen LogP contribution in [0.25, 0.3) is 0 Å². The zero-order valence-corrected chi connectivity index (χ0v) is 15.1. The molecule has 3 heterocycles. The van der Waals surface area contributed by atoms with E-state index in [0.29, 0.717) is 32.5 Å². The topological polar surface area (TPSA) is 81.9 Å². The lowest BCUT2D eigenvalue weighted by molar-refractivity contribution is -0.141. The van der Waals surface area contributed by atoms with Gasteiger partial charge in [0.15, 0.2) is 0 Å². The van der Waals surface area contributed by atoms with Gasteiger partial charge < -0.3 is 10.1 Å². The van der Waals surface area contributed by atoms with Gasteiger partial charge in [0.1, 0.15) is 17.8 Å². The summed E-state index contributed by atoms with van der Waals surface area (Å²) in [6.07, 6.45) is -0.0248. The second-order valence-electron chi connectivity index (χ2n) is 7.14. The van der Waals surface area contributed by atoms with Gasteiger partial charge in [-0.15, -0.1) is 0 Å². The van der Waals surface area contributed by atoms with Gasteiger partial charge >= 0.3 is 6.18 Å². The van der Waals surface area contributed by atoms with E-state index in [-0.39, 0.29) is 23.5 Å². The highest BCUT2D eigenvalue weighted by Crippen LogP contribution is 2.31. The highest BCUT2D eigenvalue weighted by atomic mass is 19.4. The van der Waals surface area contributed by atoms with Crippen molar-refractivity contribution in [1.29, 1.82) is 0 Å². The van der Waals surface area contributed by atoms with Crippen LogP contribution in [-0.2, 0) is 23.9 Å². The molecule has 2 aliphatic rings. The van der Waals surface area contributed by atoms with Crippen molar-refractivity contribution >= 4 is 5.82 Å². The smallest absolute Gasteiger partial charge is 0.376 e. The Bertz CT molecular complexity index is 907. The molecule has 0 aromatic carbocycles. The Morgan fingerprint density at radius 2 is 1.93 bits per heavy atom. The molecule has 1 aliphatic heterocycles. The maximum Gasteiger partial charge on any atom is 0.433 e. The van der Waals surface area contributed by atoms with Crippen LogP contribution in [0, 0.1) is 0 Å². The van der Waals surface area contributed by atoms with E-state index in [1.165, 1.54) is 0 Å². The molecule has 0 spiro atoms. The van der Waals surface area contributed by atoms with Gasteiger partial charge in [-0.05, 0) is 25.7 Å². The third kappa shape index (κ3) is 4.01. The lowest BCUT2D eigenvalue weighted by Crippen LogP contribution is -2.35. The van der Waals surface area contributed by atoms with Crippen molar-refractivity contribution in [3.63, 3.8) is 0 Å². The fourth-order valence-electron chi connectivity index (χ4n) is 3.76. The monoisotopic (exact) mass is 395 g/mol. The first-order valence-corrected chi connectivity index (χ1v) is 9.25. The van der Waals surface area contributed by atoms with E-state index in [9.17, 15) is 18.0 Å². The molecule has 0 saturated heterocycles. The molecule has 7 nitrogen and oxygen atoms in total. The van der Waals surface area contributed by atoms with Crippen LogP contribution in [0.2, 0.25) is 0 Å². The minimum absolute atomic E-state index is 0.00479. The SMILES string of the molecule is O=c1cc2c(nn1C1CCC(Nc3cc(C(F)(F)F)ncn3)CC1)CCOC2. The summed E-state index contributed by atoms with van der Waals surface area (Å²) in [4.78, 5) is 19.6. The number of hydrogen-bond donors (Lipinski definition) is 1. The van der Waals surface area contributed by atoms with E-state index in [1.807, 2.05) is 0 Å². The summed E-state index contributed by atoms with van der Waals surface area (Å²) in [6, 6.07) is 2.51. The summed E-state index contributed by atoms with van der Waals surface area (Å²) >= 11 is 0. The first kappa shape index (κ1) is 18.9. The van der Waals surface area contributed by atoms with Gasteiger partial charge in [0.05, 0.1) is 24.9 Å². The zero-order chi connectivity index (χ0) is 19.7. The van der Waals surface area contributed by atoms with E-state index in [1.54, 1.807) is 10.7 Å². The highest BCUT2D eigenvalue weighted by molar-refractivity contribution is 5.36. The minimum Gasteiger partial charge on any atom is -0.376 e. The number of ether oxygens (including phenoxy) is 1. The summed E-state index contributed by atoms with van der Waals surface area (Å²) in [5.41, 5.74) is 0.664. The van der Waals surface area contributed by atoms with Crippen LogP contribution in [0.1, 0.15) is 48.7 Å². The Labute approximate surface area is 159 Å². The van der Waals surface area contributed by atoms with Crippen molar-refractivity contribution in [3.8, 4) is 0 Å². The summed E-state index contributed by atoms with van der Waals surface area (Å²) < 4.78 is 45.3. The molecule has 0 radical (unpaired) electrons. The number of fused-ring (bicyclic) bond motifs is 1.